The van der Waals surface area contributed by atoms with Gasteiger partial charge in [0.05, 0.1) is 22.8 Å². The Kier molecular flexibility index (Phi) is 7.66. The zero-order chi connectivity index (χ0) is 35.3. The monoisotopic (exact) mass is 670 g/mol. The summed E-state index contributed by atoms with van der Waals surface area (Å²) >= 11 is 0. The average Bonchev–Trinajstić information content (AvgIpc) is 3.99. The van der Waals surface area contributed by atoms with E-state index in [9.17, 15) is 0 Å². The molecule has 4 heteroatoms. The zero-order valence-corrected chi connectivity index (χ0v) is 29.8. The van der Waals surface area contributed by atoms with Crippen LogP contribution in [-0.2, 0) is 0 Å². The Bertz CT molecular complexity index is 2420. The second-order valence-corrected chi connectivity index (χ2v) is 13.8. The lowest BCUT2D eigenvalue weighted by Gasteiger charge is -2.10. The summed E-state index contributed by atoms with van der Waals surface area (Å²) in [5.74, 6) is 0. The lowest BCUT2D eigenvalue weighted by molar-refractivity contribution is 1.30. The van der Waals surface area contributed by atoms with Crippen molar-refractivity contribution in [3.63, 3.8) is 0 Å². The van der Waals surface area contributed by atoms with Crippen LogP contribution in [-0.4, -0.2) is 19.9 Å². The van der Waals surface area contributed by atoms with Gasteiger partial charge in [0.1, 0.15) is 0 Å². The lowest BCUT2D eigenvalue weighted by Crippen LogP contribution is -1.92. The Hall–Kier alpha value is -6.52. The van der Waals surface area contributed by atoms with E-state index in [2.05, 4.69) is 183 Å². The van der Waals surface area contributed by atoms with Crippen molar-refractivity contribution in [1.29, 1.82) is 0 Å². The molecule has 2 N–H and O–H groups in total. The highest BCUT2D eigenvalue weighted by molar-refractivity contribution is 6.00. The molecule has 0 aliphatic carbocycles. The van der Waals surface area contributed by atoms with Gasteiger partial charge in [-0.15, -0.1) is 0 Å². The Morgan fingerprint density at radius 3 is 0.769 bits per heavy atom. The van der Waals surface area contributed by atoms with E-state index < -0.39 is 0 Å². The van der Waals surface area contributed by atoms with Crippen molar-refractivity contribution in [2.24, 2.45) is 0 Å². The van der Waals surface area contributed by atoms with Crippen LogP contribution >= 0.6 is 0 Å². The summed E-state index contributed by atoms with van der Waals surface area (Å²) in [4.78, 5) is 18.7. The average molecular weight is 671 g/mol. The molecule has 250 valence electrons. The van der Waals surface area contributed by atoms with Crippen LogP contribution < -0.4 is 0 Å². The minimum absolute atomic E-state index is 0.918. The molecule has 0 spiro atoms. The maximum absolute atomic E-state index is 5.46. The molecule has 4 nitrogen and oxygen atoms in total. The van der Waals surface area contributed by atoms with Gasteiger partial charge in [0.15, 0.2) is 0 Å². The van der Waals surface area contributed by atoms with Crippen LogP contribution in [0.1, 0.15) is 45.0 Å². The molecular weight excluding hydrogens is 633 g/mol. The Morgan fingerprint density at radius 1 is 0.308 bits per heavy atom. The van der Waals surface area contributed by atoms with Crippen LogP contribution in [0.3, 0.4) is 0 Å². The Labute approximate surface area is 303 Å². The second-order valence-electron chi connectivity index (χ2n) is 13.8. The van der Waals surface area contributed by atoms with E-state index in [1.54, 1.807) is 0 Å². The fourth-order valence-electron chi connectivity index (χ4n) is 7.75. The van der Waals surface area contributed by atoms with E-state index in [1.165, 1.54) is 22.3 Å². The first-order valence-electron chi connectivity index (χ1n) is 17.8. The highest BCUT2D eigenvalue weighted by atomic mass is 14.8. The number of fused-ring (bicyclic) bond motifs is 8. The van der Waals surface area contributed by atoms with Gasteiger partial charge in [-0.1, -0.05) is 97.1 Å². The molecule has 4 aromatic carbocycles. The zero-order valence-electron chi connectivity index (χ0n) is 29.8. The number of nitrogens with one attached hydrogen (secondary N) is 2. The summed E-state index contributed by atoms with van der Waals surface area (Å²) in [6.07, 6.45) is 8.66. The molecule has 0 radical (unpaired) electrons. The molecule has 0 amide bonds. The van der Waals surface area contributed by atoms with Gasteiger partial charge >= 0.3 is 0 Å². The first kappa shape index (κ1) is 31.5. The van der Waals surface area contributed by atoms with Crippen molar-refractivity contribution in [3.8, 4) is 44.5 Å². The fourth-order valence-corrected chi connectivity index (χ4v) is 7.75. The molecule has 2 aliphatic rings. The van der Waals surface area contributed by atoms with Gasteiger partial charge in [0.25, 0.3) is 0 Å². The third-order valence-electron chi connectivity index (χ3n) is 10.4. The molecule has 9 rings (SSSR count). The van der Waals surface area contributed by atoms with Gasteiger partial charge in [-0.2, -0.15) is 0 Å². The minimum atomic E-state index is 0.918. The molecule has 0 atom stereocenters. The van der Waals surface area contributed by atoms with Crippen LogP contribution in [0.25, 0.3) is 90.9 Å². The van der Waals surface area contributed by atoms with Crippen molar-refractivity contribution in [3.05, 3.63) is 166 Å². The van der Waals surface area contributed by atoms with Gasteiger partial charge in [-0.3, -0.25) is 0 Å². The summed E-state index contributed by atoms with van der Waals surface area (Å²) < 4.78 is 0. The third-order valence-corrected chi connectivity index (χ3v) is 10.4. The van der Waals surface area contributed by atoms with E-state index in [0.717, 1.165) is 89.4 Å². The number of hydrogen-bond donors (Lipinski definition) is 2. The number of aromatic amines is 2. The molecule has 52 heavy (non-hydrogen) atoms. The Morgan fingerprint density at radius 2 is 0.538 bits per heavy atom. The van der Waals surface area contributed by atoms with Crippen molar-refractivity contribution in [1.82, 2.24) is 19.9 Å². The summed E-state index contributed by atoms with van der Waals surface area (Å²) in [5.41, 5.74) is 21.3. The van der Waals surface area contributed by atoms with E-state index in [-0.39, 0.29) is 0 Å². The first-order valence-corrected chi connectivity index (χ1v) is 17.8. The highest BCUT2D eigenvalue weighted by Crippen LogP contribution is 2.40. The fraction of sp³-hybridized carbons (Fsp3) is 0.0833. The predicted octanol–water partition coefficient (Wildman–Crippen LogP) is 12.6. The highest BCUT2D eigenvalue weighted by Gasteiger charge is 2.20. The van der Waals surface area contributed by atoms with Gasteiger partial charge in [-0.05, 0) is 121 Å². The topological polar surface area (TPSA) is 57.4 Å². The normalized spacial score (nSPS) is 12.1. The number of benzene rings is 4. The summed E-state index contributed by atoms with van der Waals surface area (Å²) in [7, 11) is 0. The van der Waals surface area contributed by atoms with Crippen molar-refractivity contribution in [2.75, 3.05) is 0 Å². The molecule has 0 unspecified atom stereocenters. The van der Waals surface area contributed by atoms with Gasteiger partial charge < -0.3 is 9.97 Å². The van der Waals surface area contributed by atoms with Crippen LogP contribution in [0, 0.1) is 27.7 Å². The molecule has 0 saturated heterocycles. The van der Waals surface area contributed by atoms with Crippen LogP contribution in [0.5, 0.6) is 0 Å². The van der Waals surface area contributed by atoms with Gasteiger partial charge in [0, 0.05) is 44.3 Å². The molecule has 8 bridgehead atoms. The number of H-pyrrole nitrogens is 2. The molecule has 7 aromatic rings. The number of aryl methyl sites for hydroxylation is 4. The lowest BCUT2D eigenvalue weighted by atomic mass is 9.99. The molecule has 5 heterocycles. The number of aromatic nitrogens is 4. The molecular formula is C48H38N4. The Balaban J connectivity index is 1.51. The first-order chi connectivity index (χ1) is 25.4. The molecule has 3 aromatic heterocycles. The van der Waals surface area contributed by atoms with Crippen LogP contribution in [0.2, 0.25) is 0 Å². The van der Waals surface area contributed by atoms with Crippen molar-refractivity contribution in [2.45, 2.75) is 27.7 Å². The van der Waals surface area contributed by atoms with Crippen molar-refractivity contribution >= 4 is 46.4 Å². The maximum Gasteiger partial charge on any atom is 0.0737 e. The van der Waals surface area contributed by atoms with Crippen LogP contribution in [0.15, 0.2) is 121 Å². The smallest absolute Gasteiger partial charge is 0.0737 e. The van der Waals surface area contributed by atoms with E-state index in [0.29, 0.717) is 0 Å². The quantitative estimate of drug-likeness (QED) is 0.196. The van der Waals surface area contributed by atoms with E-state index >= 15 is 0 Å². The van der Waals surface area contributed by atoms with Gasteiger partial charge in [0.2, 0.25) is 0 Å². The molecule has 0 fully saturated rings. The summed E-state index contributed by atoms with van der Waals surface area (Å²) in [6, 6.07) is 43.0. The van der Waals surface area contributed by atoms with E-state index in [4.69, 9.17) is 9.97 Å². The number of rotatable bonds is 4. The predicted molar refractivity (Wildman–Crippen MR) is 220 cm³/mol. The number of nitrogens with zero attached hydrogens (tertiary/aromatic N) is 2. The van der Waals surface area contributed by atoms with E-state index in [1.807, 2.05) is 0 Å². The molecule has 0 saturated carbocycles. The third kappa shape index (κ3) is 5.32. The molecule has 2 aliphatic heterocycles. The van der Waals surface area contributed by atoms with Gasteiger partial charge in [-0.25, -0.2) is 9.97 Å². The standard InChI is InChI=1S/C48H38N4/c1-29-13-5-9-17-33(29)45-37-21-23-39(49-37)46(34-18-10-6-14-30(34)2)41-25-27-43(51-41)48(36-20-12-8-16-32(36)4)44-28-26-42(52-44)47(40-24-22-38(45)50-40)35-19-11-7-15-31(35)3/h5-28,49,52H,1-4H3. The van der Waals surface area contributed by atoms with Crippen molar-refractivity contribution < 1.29 is 0 Å². The summed E-state index contributed by atoms with van der Waals surface area (Å²) in [6.45, 7) is 8.68. The maximum atomic E-state index is 5.46. The SMILES string of the molecule is Cc1ccccc1-c1c2nc(c(-c3ccccc3C)c3ccc([nH]3)c(-c3ccccc3C)c3nc(c(-c4ccccc4C)c4ccc1[nH]4)C=C3)C=C2. The largest absolute Gasteiger partial charge is 0.354 e. The number of hydrogen-bond acceptors (Lipinski definition) is 2. The summed E-state index contributed by atoms with van der Waals surface area (Å²) in [5, 5.41) is 0. The minimum Gasteiger partial charge on any atom is -0.354 e. The second kappa shape index (κ2) is 12.7. The van der Waals surface area contributed by atoms with Crippen LogP contribution in [0.4, 0.5) is 0 Å².